The average molecular weight is 370 g/mol. The molecule has 7 heteroatoms. The molecule has 2 aromatic carbocycles. The topological polar surface area (TPSA) is 98.0 Å². The van der Waals surface area contributed by atoms with Gasteiger partial charge in [0.25, 0.3) is 0 Å². The van der Waals surface area contributed by atoms with Crippen molar-refractivity contribution in [2.24, 2.45) is 10.7 Å². The number of nitrogens with two attached hydrogens (primary N) is 1. The molecule has 1 atom stereocenters. The van der Waals surface area contributed by atoms with Crippen LogP contribution in [0.1, 0.15) is 22.8 Å². The normalized spacial score (nSPS) is 12.2. The quantitative estimate of drug-likeness (QED) is 0.487. The van der Waals surface area contributed by atoms with E-state index in [4.69, 9.17) is 15.2 Å². The minimum atomic E-state index is -0.442. The van der Waals surface area contributed by atoms with Gasteiger partial charge < -0.3 is 25.8 Å². The molecule has 2 aromatic rings. The van der Waals surface area contributed by atoms with Crippen molar-refractivity contribution in [3.63, 3.8) is 0 Å². The van der Waals surface area contributed by atoms with Gasteiger partial charge in [0.1, 0.15) is 17.6 Å². The molecule has 4 N–H and O–H groups in total. The van der Waals surface area contributed by atoms with E-state index in [-0.39, 0.29) is 6.10 Å². The predicted octanol–water partition coefficient (Wildman–Crippen LogP) is 1.93. The van der Waals surface area contributed by atoms with Crippen molar-refractivity contribution < 1.29 is 14.3 Å². The Labute approximate surface area is 159 Å². The molecule has 2 rings (SSSR count). The molecular formula is C20H26N4O3. The molecule has 0 aromatic heterocycles. The number of benzene rings is 2. The lowest BCUT2D eigenvalue weighted by atomic mass is 10.1. The fourth-order valence-corrected chi connectivity index (χ4v) is 2.43. The molecule has 0 bridgehead atoms. The molecule has 0 saturated heterocycles. The number of guanidine groups is 1. The summed E-state index contributed by atoms with van der Waals surface area (Å²) in [6.07, 6.45) is -0.0751. The second-order valence-electron chi connectivity index (χ2n) is 5.98. The van der Waals surface area contributed by atoms with Crippen molar-refractivity contribution in [2.75, 3.05) is 20.7 Å². The summed E-state index contributed by atoms with van der Waals surface area (Å²) in [5.74, 6) is 1.70. The van der Waals surface area contributed by atoms with Gasteiger partial charge in [-0.3, -0.25) is 9.79 Å². The maximum atomic E-state index is 11.3. The van der Waals surface area contributed by atoms with Gasteiger partial charge in [0.15, 0.2) is 5.96 Å². The van der Waals surface area contributed by atoms with Crippen molar-refractivity contribution in [3.8, 4) is 11.5 Å². The molecule has 7 nitrogen and oxygen atoms in total. The summed E-state index contributed by atoms with van der Waals surface area (Å²) in [6, 6.07) is 14.7. The predicted molar refractivity (Wildman–Crippen MR) is 106 cm³/mol. The number of nitrogens with zero attached hydrogens (tertiary/aromatic N) is 1. The average Bonchev–Trinajstić information content (AvgIpc) is 2.68. The van der Waals surface area contributed by atoms with Gasteiger partial charge in [-0.1, -0.05) is 18.2 Å². The summed E-state index contributed by atoms with van der Waals surface area (Å²) < 4.78 is 11.1. The maximum absolute atomic E-state index is 11.3. The third-order valence-electron chi connectivity index (χ3n) is 3.83. The number of ether oxygens (including phenoxy) is 2. The van der Waals surface area contributed by atoms with E-state index in [9.17, 15) is 4.79 Å². The first-order chi connectivity index (χ1) is 13.0. The molecular weight excluding hydrogens is 344 g/mol. The molecule has 0 radical (unpaired) electrons. The first-order valence-electron chi connectivity index (χ1n) is 8.65. The SMILES string of the molecule is CN=C(NCc1cccc(C(N)=O)c1)NCC(C)Oc1cccc(OC)c1. The van der Waals surface area contributed by atoms with Crippen LogP contribution in [-0.4, -0.2) is 38.7 Å². The van der Waals surface area contributed by atoms with E-state index in [0.29, 0.717) is 24.6 Å². The van der Waals surface area contributed by atoms with Crippen LogP contribution in [0.5, 0.6) is 11.5 Å². The number of rotatable bonds is 8. The van der Waals surface area contributed by atoms with Gasteiger partial charge in [0, 0.05) is 25.2 Å². The van der Waals surface area contributed by atoms with Crippen LogP contribution in [0.25, 0.3) is 0 Å². The molecule has 0 aliphatic heterocycles. The van der Waals surface area contributed by atoms with E-state index in [0.717, 1.165) is 17.1 Å². The highest BCUT2D eigenvalue weighted by Crippen LogP contribution is 2.19. The van der Waals surface area contributed by atoms with Crippen LogP contribution in [-0.2, 0) is 6.54 Å². The van der Waals surface area contributed by atoms with Crippen LogP contribution in [0.4, 0.5) is 0 Å². The Morgan fingerprint density at radius 1 is 1.15 bits per heavy atom. The number of hydrogen-bond donors (Lipinski definition) is 3. The van der Waals surface area contributed by atoms with Crippen LogP contribution in [0.15, 0.2) is 53.5 Å². The van der Waals surface area contributed by atoms with Crippen LogP contribution in [0.2, 0.25) is 0 Å². The number of carbonyl (C=O) groups is 1. The van der Waals surface area contributed by atoms with E-state index in [2.05, 4.69) is 15.6 Å². The molecule has 1 unspecified atom stereocenters. The Morgan fingerprint density at radius 2 is 1.89 bits per heavy atom. The monoisotopic (exact) mass is 370 g/mol. The lowest BCUT2D eigenvalue weighted by molar-refractivity contribution is 0.1000. The zero-order valence-electron chi connectivity index (χ0n) is 15.9. The molecule has 0 aliphatic rings. The number of amides is 1. The van der Waals surface area contributed by atoms with Crippen molar-refractivity contribution in [1.29, 1.82) is 0 Å². The molecule has 1 amide bonds. The van der Waals surface area contributed by atoms with Gasteiger partial charge in [-0.15, -0.1) is 0 Å². The summed E-state index contributed by atoms with van der Waals surface area (Å²) in [4.78, 5) is 15.5. The van der Waals surface area contributed by atoms with Crippen molar-refractivity contribution >= 4 is 11.9 Å². The maximum Gasteiger partial charge on any atom is 0.248 e. The summed E-state index contributed by atoms with van der Waals surface area (Å²) >= 11 is 0. The highest BCUT2D eigenvalue weighted by atomic mass is 16.5. The standard InChI is InChI=1S/C20H26N4O3/c1-14(27-18-9-5-8-17(11-18)26-3)12-23-20(22-2)24-13-15-6-4-7-16(10-15)19(21)25/h4-11,14H,12-13H2,1-3H3,(H2,21,25)(H2,22,23,24). The lowest BCUT2D eigenvalue weighted by Gasteiger charge is -2.18. The highest BCUT2D eigenvalue weighted by Gasteiger charge is 2.07. The van der Waals surface area contributed by atoms with E-state index in [1.165, 1.54) is 0 Å². The van der Waals surface area contributed by atoms with E-state index in [1.807, 2.05) is 37.3 Å². The molecule has 0 spiro atoms. The molecule has 27 heavy (non-hydrogen) atoms. The van der Waals surface area contributed by atoms with Crippen LogP contribution in [0.3, 0.4) is 0 Å². The summed E-state index contributed by atoms with van der Waals surface area (Å²) in [5.41, 5.74) is 6.73. The molecule has 144 valence electrons. The lowest BCUT2D eigenvalue weighted by Crippen LogP contribution is -2.41. The van der Waals surface area contributed by atoms with Gasteiger partial charge >= 0.3 is 0 Å². The summed E-state index contributed by atoms with van der Waals surface area (Å²) in [5, 5.41) is 6.42. The number of nitrogens with one attached hydrogen (secondary N) is 2. The molecule has 0 saturated carbocycles. The Balaban J connectivity index is 1.82. The highest BCUT2D eigenvalue weighted by molar-refractivity contribution is 5.92. The van der Waals surface area contributed by atoms with E-state index < -0.39 is 5.91 Å². The molecule has 0 aliphatic carbocycles. The van der Waals surface area contributed by atoms with Gasteiger partial charge in [0.05, 0.1) is 13.7 Å². The number of methoxy groups -OCH3 is 1. The summed E-state index contributed by atoms with van der Waals surface area (Å²) in [6.45, 7) is 3.06. The van der Waals surface area contributed by atoms with E-state index in [1.54, 1.807) is 32.4 Å². The zero-order chi connectivity index (χ0) is 19.6. The number of hydrogen-bond acceptors (Lipinski definition) is 4. The largest absolute Gasteiger partial charge is 0.497 e. The number of carbonyl (C=O) groups excluding carboxylic acids is 1. The van der Waals surface area contributed by atoms with Crippen LogP contribution < -0.4 is 25.8 Å². The van der Waals surface area contributed by atoms with E-state index >= 15 is 0 Å². The third kappa shape index (κ3) is 6.54. The zero-order valence-corrected chi connectivity index (χ0v) is 15.9. The van der Waals surface area contributed by atoms with Gasteiger partial charge in [-0.25, -0.2) is 0 Å². The molecule has 0 heterocycles. The fraction of sp³-hybridized carbons (Fsp3) is 0.300. The first kappa shape index (κ1) is 20.1. The van der Waals surface area contributed by atoms with Crippen LogP contribution in [0, 0.1) is 0 Å². The van der Waals surface area contributed by atoms with Crippen LogP contribution >= 0.6 is 0 Å². The van der Waals surface area contributed by atoms with Gasteiger partial charge in [-0.05, 0) is 36.8 Å². The third-order valence-corrected chi connectivity index (χ3v) is 3.83. The Morgan fingerprint density at radius 3 is 2.59 bits per heavy atom. The minimum Gasteiger partial charge on any atom is -0.497 e. The Kier molecular flexibility index (Phi) is 7.49. The molecule has 0 fully saturated rings. The van der Waals surface area contributed by atoms with Crippen molar-refractivity contribution in [1.82, 2.24) is 10.6 Å². The Hall–Kier alpha value is -3.22. The second-order valence-corrected chi connectivity index (χ2v) is 5.98. The second kappa shape index (κ2) is 10.1. The van der Waals surface area contributed by atoms with Crippen molar-refractivity contribution in [3.05, 3.63) is 59.7 Å². The number of aliphatic imine (C=N–C) groups is 1. The summed E-state index contributed by atoms with van der Waals surface area (Å²) in [7, 11) is 3.32. The Bertz CT molecular complexity index is 792. The minimum absolute atomic E-state index is 0.0751. The smallest absolute Gasteiger partial charge is 0.248 e. The number of primary amides is 1. The fourth-order valence-electron chi connectivity index (χ4n) is 2.43. The van der Waals surface area contributed by atoms with Gasteiger partial charge in [-0.2, -0.15) is 0 Å². The van der Waals surface area contributed by atoms with Gasteiger partial charge in [0.2, 0.25) is 5.91 Å². The first-order valence-corrected chi connectivity index (χ1v) is 8.65. The van der Waals surface area contributed by atoms with Crippen molar-refractivity contribution in [2.45, 2.75) is 19.6 Å².